The molecule has 3 heteroatoms. The first-order valence-corrected chi connectivity index (χ1v) is 5.77. The van der Waals surface area contributed by atoms with Crippen LogP contribution in [0.1, 0.15) is 25.8 Å². The highest BCUT2D eigenvalue weighted by Gasteiger charge is 1.95. The minimum Gasteiger partial charge on any atom is -0.394 e. The monoisotopic (exact) mass is 220 g/mol. The Labute approximate surface area is 97.5 Å². The maximum atomic E-state index is 5.22. The van der Waals surface area contributed by atoms with Gasteiger partial charge in [0, 0.05) is 6.54 Å². The Hall–Kier alpha value is -1.35. The van der Waals surface area contributed by atoms with Crippen molar-refractivity contribution in [3.05, 3.63) is 35.9 Å². The van der Waals surface area contributed by atoms with Crippen LogP contribution in [0.4, 0.5) is 0 Å². The van der Waals surface area contributed by atoms with Crippen molar-refractivity contribution in [3.8, 4) is 0 Å². The lowest BCUT2D eigenvalue weighted by Gasteiger charge is -2.03. The standard InChI is InChI=1S/C13H20N2O/c1-3-9-14-10-11-16-15-12(2)13-7-5-4-6-8-13/h4-8,14H,3,9-11H2,1-2H3/b15-12+. The van der Waals surface area contributed by atoms with Crippen molar-refractivity contribution in [1.82, 2.24) is 5.32 Å². The molecule has 0 amide bonds. The molecule has 0 aromatic heterocycles. The SMILES string of the molecule is CCCNCCO/N=C(\C)c1ccccc1. The Bertz CT molecular complexity index is 309. The van der Waals surface area contributed by atoms with Crippen molar-refractivity contribution in [2.45, 2.75) is 20.3 Å². The molecule has 0 saturated heterocycles. The maximum Gasteiger partial charge on any atom is 0.129 e. The lowest BCUT2D eigenvalue weighted by Crippen LogP contribution is -2.19. The molecule has 0 aliphatic carbocycles. The van der Waals surface area contributed by atoms with Crippen LogP contribution in [0.15, 0.2) is 35.5 Å². The van der Waals surface area contributed by atoms with Gasteiger partial charge in [-0.15, -0.1) is 0 Å². The van der Waals surface area contributed by atoms with E-state index in [0.717, 1.165) is 30.8 Å². The Balaban J connectivity index is 2.24. The van der Waals surface area contributed by atoms with Gasteiger partial charge in [-0.3, -0.25) is 0 Å². The Morgan fingerprint density at radius 3 is 2.69 bits per heavy atom. The molecular weight excluding hydrogens is 200 g/mol. The molecule has 88 valence electrons. The number of nitrogens with zero attached hydrogens (tertiary/aromatic N) is 1. The molecular formula is C13H20N2O. The third-order valence-electron chi connectivity index (χ3n) is 2.19. The average Bonchev–Trinajstić information content (AvgIpc) is 2.34. The van der Waals surface area contributed by atoms with Gasteiger partial charge in [0.2, 0.25) is 0 Å². The number of benzene rings is 1. The summed E-state index contributed by atoms with van der Waals surface area (Å²) in [6.45, 7) is 6.59. The predicted octanol–water partition coefficient (Wildman–Crippen LogP) is 2.43. The molecule has 1 rings (SSSR count). The molecule has 0 unspecified atom stereocenters. The lowest BCUT2D eigenvalue weighted by atomic mass is 10.1. The number of oxime groups is 1. The van der Waals surface area contributed by atoms with Gasteiger partial charge in [0.05, 0.1) is 5.71 Å². The summed E-state index contributed by atoms with van der Waals surface area (Å²) >= 11 is 0. The van der Waals surface area contributed by atoms with Gasteiger partial charge in [-0.1, -0.05) is 42.4 Å². The zero-order chi connectivity index (χ0) is 11.6. The number of hydrogen-bond donors (Lipinski definition) is 1. The zero-order valence-corrected chi connectivity index (χ0v) is 10.1. The molecule has 0 radical (unpaired) electrons. The zero-order valence-electron chi connectivity index (χ0n) is 10.1. The van der Waals surface area contributed by atoms with Crippen LogP contribution in [0.2, 0.25) is 0 Å². The van der Waals surface area contributed by atoms with E-state index in [2.05, 4.69) is 17.4 Å². The Kier molecular flexibility index (Phi) is 6.26. The molecule has 0 spiro atoms. The fourth-order valence-electron chi connectivity index (χ4n) is 1.29. The first-order chi connectivity index (χ1) is 7.84. The summed E-state index contributed by atoms with van der Waals surface area (Å²) in [5.41, 5.74) is 2.01. The molecule has 0 saturated carbocycles. The molecule has 1 aromatic rings. The fourth-order valence-corrected chi connectivity index (χ4v) is 1.29. The van der Waals surface area contributed by atoms with E-state index in [9.17, 15) is 0 Å². The lowest BCUT2D eigenvalue weighted by molar-refractivity contribution is 0.146. The topological polar surface area (TPSA) is 33.6 Å². The van der Waals surface area contributed by atoms with Crippen molar-refractivity contribution < 1.29 is 4.84 Å². The quantitative estimate of drug-likeness (QED) is 0.435. The van der Waals surface area contributed by atoms with Crippen molar-refractivity contribution in [1.29, 1.82) is 0 Å². The summed E-state index contributed by atoms with van der Waals surface area (Å²) in [6, 6.07) is 10.0. The normalized spacial score (nSPS) is 11.5. The van der Waals surface area contributed by atoms with Gasteiger partial charge >= 0.3 is 0 Å². The summed E-state index contributed by atoms with van der Waals surface area (Å²) in [7, 11) is 0. The summed E-state index contributed by atoms with van der Waals surface area (Å²) in [5, 5.41) is 7.32. The molecule has 0 fully saturated rings. The second kappa shape index (κ2) is 7.88. The van der Waals surface area contributed by atoms with E-state index in [0.29, 0.717) is 6.61 Å². The first kappa shape index (κ1) is 12.7. The van der Waals surface area contributed by atoms with Crippen LogP contribution in [-0.4, -0.2) is 25.4 Å². The Morgan fingerprint density at radius 1 is 1.25 bits per heavy atom. The highest BCUT2D eigenvalue weighted by molar-refractivity contribution is 5.98. The third-order valence-corrected chi connectivity index (χ3v) is 2.19. The second-order valence-electron chi connectivity index (χ2n) is 3.63. The van der Waals surface area contributed by atoms with E-state index < -0.39 is 0 Å². The van der Waals surface area contributed by atoms with Gasteiger partial charge in [-0.2, -0.15) is 0 Å². The van der Waals surface area contributed by atoms with Gasteiger partial charge in [-0.25, -0.2) is 0 Å². The maximum absolute atomic E-state index is 5.22. The smallest absolute Gasteiger partial charge is 0.129 e. The van der Waals surface area contributed by atoms with Gasteiger partial charge in [0.1, 0.15) is 6.61 Å². The van der Waals surface area contributed by atoms with Crippen LogP contribution in [0.5, 0.6) is 0 Å². The van der Waals surface area contributed by atoms with Gasteiger partial charge in [-0.05, 0) is 25.5 Å². The van der Waals surface area contributed by atoms with E-state index in [-0.39, 0.29) is 0 Å². The number of hydrogen-bond acceptors (Lipinski definition) is 3. The molecule has 3 nitrogen and oxygen atoms in total. The molecule has 0 atom stereocenters. The van der Waals surface area contributed by atoms with Crippen molar-refractivity contribution in [3.63, 3.8) is 0 Å². The first-order valence-electron chi connectivity index (χ1n) is 5.77. The Morgan fingerprint density at radius 2 is 2.00 bits per heavy atom. The number of nitrogens with one attached hydrogen (secondary N) is 1. The van der Waals surface area contributed by atoms with E-state index in [1.54, 1.807) is 0 Å². The van der Waals surface area contributed by atoms with Gasteiger partial charge in [0.25, 0.3) is 0 Å². The molecule has 1 aromatic carbocycles. The van der Waals surface area contributed by atoms with Crippen molar-refractivity contribution in [2.24, 2.45) is 5.16 Å². The van der Waals surface area contributed by atoms with E-state index in [1.165, 1.54) is 0 Å². The van der Waals surface area contributed by atoms with Gasteiger partial charge < -0.3 is 10.2 Å². The van der Waals surface area contributed by atoms with E-state index in [4.69, 9.17) is 4.84 Å². The highest BCUT2D eigenvalue weighted by atomic mass is 16.6. The van der Waals surface area contributed by atoms with Crippen LogP contribution in [-0.2, 0) is 4.84 Å². The fraction of sp³-hybridized carbons (Fsp3) is 0.462. The summed E-state index contributed by atoms with van der Waals surface area (Å²) in [6.07, 6.45) is 1.15. The van der Waals surface area contributed by atoms with Crippen molar-refractivity contribution in [2.75, 3.05) is 19.7 Å². The second-order valence-corrected chi connectivity index (χ2v) is 3.63. The average molecular weight is 220 g/mol. The van der Waals surface area contributed by atoms with Crippen LogP contribution in [0, 0.1) is 0 Å². The van der Waals surface area contributed by atoms with Crippen molar-refractivity contribution >= 4 is 5.71 Å². The third kappa shape index (κ3) is 4.94. The molecule has 0 bridgehead atoms. The predicted molar refractivity (Wildman–Crippen MR) is 67.8 cm³/mol. The summed E-state index contributed by atoms with van der Waals surface area (Å²) < 4.78 is 0. The largest absolute Gasteiger partial charge is 0.394 e. The van der Waals surface area contributed by atoms with E-state index >= 15 is 0 Å². The van der Waals surface area contributed by atoms with E-state index in [1.807, 2.05) is 37.3 Å². The van der Waals surface area contributed by atoms with Crippen LogP contribution >= 0.6 is 0 Å². The molecule has 0 heterocycles. The van der Waals surface area contributed by atoms with Crippen LogP contribution in [0.25, 0.3) is 0 Å². The minimum atomic E-state index is 0.615. The van der Waals surface area contributed by atoms with Gasteiger partial charge in [0.15, 0.2) is 0 Å². The highest BCUT2D eigenvalue weighted by Crippen LogP contribution is 2.00. The molecule has 0 aliphatic rings. The summed E-state index contributed by atoms with van der Waals surface area (Å²) in [5.74, 6) is 0. The molecule has 0 aliphatic heterocycles. The molecule has 16 heavy (non-hydrogen) atoms. The van der Waals surface area contributed by atoms with Crippen LogP contribution < -0.4 is 5.32 Å². The van der Waals surface area contributed by atoms with Crippen LogP contribution in [0.3, 0.4) is 0 Å². The minimum absolute atomic E-state index is 0.615. The summed E-state index contributed by atoms with van der Waals surface area (Å²) in [4.78, 5) is 5.22. The number of rotatable bonds is 7. The molecule has 1 N–H and O–H groups in total.